The molecule has 2 unspecified atom stereocenters. The first-order valence-electron chi connectivity index (χ1n) is 6.00. The average molecular weight is 181 g/mol. The van der Waals surface area contributed by atoms with E-state index in [1.165, 1.54) is 51.4 Å². The Bertz CT molecular complexity index is 149. The Morgan fingerprint density at radius 3 is 2.31 bits per heavy atom. The van der Waals surface area contributed by atoms with Crippen LogP contribution in [0, 0.1) is 17.8 Å². The molecule has 2 aliphatic rings. The summed E-state index contributed by atoms with van der Waals surface area (Å²) < 4.78 is 0. The fourth-order valence-corrected chi connectivity index (χ4v) is 3.46. The fourth-order valence-electron chi connectivity index (χ4n) is 3.46. The van der Waals surface area contributed by atoms with Crippen molar-refractivity contribution in [1.82, 2.24) is 0 Å². The van der Waals surface area contributed by atoms with E-state index >= 15 is 0 Å². The zero-order valence-corrected chi connectivity index (χ0v) is 8.50. The highest BCUT2D eigenvalue weighted by atomic mass is 16.3. The first-order chi connectivity index (χ1) is 6.42. The molecule has 0 aromatic carbocycles. The third kappa shape index (κ3) is 2.07. The summed E-state index contributed by atoms with van der Waals surface area (Å²) >= 11 is 0. The summed E-state index contributed by atoms with van der Waals surface area (Å²) in [6.45, 7) is 0.196. The molecule has 0 amide bonds. The second kappa shape index (κ2) is 4.45. The van der Waals surface area contributed by atoms with Gasteiger partial charge in [-0.05, 0) is 18.3 Å². The summed E-state index contributed by atoms with van der Waals surface area (Å²) in [6.07, 6.45) is 11.0. The van der Waals surface area contributed by atoms with E-state index in [1.54, 1.807) is 0 Å². The summed E-state index contributed by atoms with van der Waals surface area (Å²) in [5.41, 5.74) is 0. The highest BCUT2D eigenvalue weighted by Crippen LogP contribution is 2.42. The Morgan fingerprint density at radius 1 is 0.846 bits per heavy atom. The minimum Gasteiger partial charge on any atom is -0.854 e. The Morgan fingerprint density at radius 2 is 1.62 bits per heavy atom. The van der Waals surface area contributed by atoms with Crippen molar-refractivity contribution in [1.29, 1.82) is 0 Å². The van der Waals surface area contributed by atoms with E-state index in [0.717, 1.165) is 11.8 Å². The number of rotatable bonds is 2. The zero-order valence-electron chi connectivity index (χ0n) is 8.50. The van der Waals surface area contributed by atoms with Gasteiger partial charge in [0.05, 0.1) is 0 Å². The Labute approximate surface area is 81.5 Å². The molecule has 0 saturated heterocycles. The summed E-state index contributed by atoms with van der Waals surface area (Å²) in [5, 5.41) is 11.0. The van der Waals surface area contributed by atoms with E-state index in [9.17, 15) is 5.11 Å². The smallest absolute Gasteiger partial charge is 0.0370 e. The molecule has 2 atom stereocenters. The molecule has 1 nitrogen and oxygen atoms in total. The highest BCUT2D eigenvalue weighted by molar-refractivity contribution is 4.83. The highest BCUT2D eigenvalue weighted by Gasteiger charge is 2.31. The lowest BCUT2D eigenvalue weighted by molar-refractivity contribution is -0.381. The van der Waals surface area contributed by atoms with Crippen LogP contribution >= 0.6 is 0 Å². The van der Waals surface area contributed by atoms with Crippen LogP contribution in [0.2, 0.25) is 0 Å². The Hall–Kier alpha value is -0.0400. The lowest BCUT2D eigenvalue weighted by atomic mass is 9.76. The SMILES string of the molecule is [O-]CC1CCCC1C1CCCCC1. The van der Waals surface area contributed by atoms with Crippen molar-refractivity contribution in [3.63, 3.8) is 0 Å². The molecular formula is C12H21O-. The van der Waals surface area contributed by atoms with Crippen LogP contribution in [0.3, 0.4) is 0 Å². The second-order valence-corrected chi connectivity index (χ2v) is 4.92. The van der Waals surface area contributed by atoms with Gasteiger partial charge in [0.25, 0.3) is 0 Å². The van der Waals surface area contributed by atoms with E-state index in [2.05, 4.69) is 0 Å². The maximum Gasteiger partial charge on any atom is -0.0370 e. The molecule has 0 spiro atoms. The molecule has 2 saturated carbocycles. The molecule has 1 heteroatoms. The first kappa shape index (κ1) is 9.51. The zero-order chi connectivity index (χ0) is 9.10. The molecule has 0 radical (unpaired) electrons. The van der Waals surface area contributed by atoms with Gasteiger partial charge in [-0.3, -0.25) is 0 Å². The Balaban J connectivity index is 1.90. The van der Waals surface area contributed by atoms with Crippen LogP contribution in [-0.4, -0.2) is 6.61 Å². The molecule has 76 valence electrons. The minimum atomic E-state index is 0.196. The van der Waals surface area contributed by atoms with Gasteiger partial charge >= 0.3 is 0 Å². The van der Waals surface area contributed by atoms with Gasteiger partial charge in [0, 0.05) is 0 Å². The van der Waals surface area contributed by atoms with Crippen LogP contribution in [0.15, 0.2) is 0 Å². The standard InChI is InChI=1S/C12H21O/c13-9-11-7-4-8-12(11)10-5-2-1-3-6-10/h10-12H,1-9H2/q-1. The summed E-state index contributed by atoms with van der Waals surface area (Å²) in [7, 11) is 0. The van der Waals surface area contributed by atoms with E-state index in [1.807, 2.05) is 0 Å². The Kier molecular flexibility index (Phi) is 3.26. The predicted octanol–water partition coefficient (Wildman–Crippen LogP) is 2.34. The molecule has 0 heterocycles. The van der Waals surface area contributed by atoms with Crippen molar-refractivity contribution < 1.29 is 5.11 Å². The van der Waals surface area contributed by atoms with Crippen LogP contribution in [0.4, 0.5) is 0 Å². The lowest BCUT2D eigenvalue weighted by Gasteiger charge is -2.33. The van der Waals surface area contributed by atoms with Crippen molar-refractivity contribution in [2.45, 2.75) is 51.4 Å². The van der Waals surface area contributed by atoms with Gasteiger partial charge in [-0.1, -0.05) is 50.9 Å². The molecule has 0 aromatic heterocycles. The van der Waals surface area contributed by atoms with E-state index < -0.39 is 0 Å². The minimum absolute atomic E-state index is 0.196. The number of hydrogen-bond acceptors (Lipinski definition) is 1. The third-order valence-electron chi connectivity index (χ3n) is 4.19. The molecule has 0 bridgehead atoms. The van der Waals surface area contributed by atoms with Crippen LogP contribution < -0.4 is 5.11 Å². The largest absolute Gasteiger partial charge is 0.854 e. The molecule has 2 fully saturated rings. The average Bonchev–Trinajstić information content (AvgIpc) is 2.67. The molecule has 0 aliphatic heterocycles. The van der Waals surface area contributed by atoms with Gasteiger partial charge in [0.1, 0.15) is 0 Å². The molecule has 2 rings (SSSR count). The third-order valence-corrected chi connectivity index (χ3v) is 4.19. The van der Waals surface area contributed by atoms with Crippen molar-refractivity contribution in [3.8, 4) is 0 Å². The fraction of sp³-hybridized carbons (Fsp3) is 1.00. The van der Waals surface area contributed by atoms with Gasteiger partial charge in [0.2, 0.25) is 0 Å². The van der Waals surface area contributed by atoms with Crippen molar-refractivity contribution in [2.75, 3.05) is 6.61 Å². The van der Waals surface area contributed by atoms with Gasteiger partial charge in [-0.15, -0.1) is 6.61 Å². The maximum atomic E-state index is 11.0. The quantitative estimate of drug-likeness (QED) is 0.641. The van der Waals surface area contributed by atoms with Gasteiger partial charge in [-0.25, -0.2) is 0 Å². The van der Waals surface area contributed by atoms with E-state index in [0.29, 0.717) is 5.92 Å². The summed E-state index contributed by atoms with van der Waals surface area (Å²) in [4.78, 5) is 0. The van der Waals surface area contributed by atoms with Gasteiger partial charge < -0.3 is 5.11 Å². The molecule has 13 heavy (non-hydrogen) atoms. The van der Waals surface area contributed by atoms with E-state index in [-0.39, 0.29) is 6.61 Å². The normalized spacial score (nSPS) is 36.7. The molecule has 0 aromatic rings. The van der Waals surface area contributed by atoms with Crippen molar-refractivity contribution >= 4 is 0 Å². The van der Waals surface area contributed by atoms with Crippen molar-refractivity contribution in [3.05, 3.63) is 0 Å². The first-order valence-corrected chi connectivity index (χ1v) is 6.00. The van der Waals surface area contributed by atoms with Crippen LogP contribution in [-0.2, 0) is 0 Å². The van der Waals surface area contributed by atoms with Crippen LogP contribution in [0.5, 0.6) is 0 Å². The monoisotopic (exact) mass is 181 g/mol. The van der Waals surface area contributed by atoms with Crippen LogP contribution in [0.1, 0.15) is 51.4 Å². The predicted molar refractivity (Wildman–Crippen MR) is 52.3 cm³/mol. The second-order valence-electron chi connectivity index (χ2n) is 4.92. The van der Waals surface area contributed by atoms with E-state index in [4.69, 9.17) is 0 Å². The van der Waals surface area contributed by atoms with Crippen LogP contribution in [0.25, 0.3) is 0 Å². The topological polar surface area (TPSA) is 23.1 Å². The summed E-state index contributed by atoms with van der Waals surface area (Å²) in [6, 6.07) is 0. The van der Waals surface area contributed by atoms with Gasteiger partial charge in [0.15, 0.2) is 0 Å². The maximum absolute atomic E-state index is 11.0. The molecular weight excluding hydrogens is 160 g/mol. The number of hydrogen-bond donors (Lipinski definition) is 0. The lowest BCUT2D eigenvalue weighted by Crippen LogP contribution is -2.28. The molecule has 2 aliphatic carbocycles. The summed E-state index contributed by atoms with van der Waals surface area (Å²) in [5.74, 6) is 2.29. The van der Waals surface area contributed by atoms with Crippen molar-refractivity contribution in [2.24, 2.45) is 17.8 Å². The molecule has 0 N–H and O–H groups in total. The van der Waals surface area contributed by atoms with Gasteiger partial charge in [-0.2, -0.15) is 0 Å².